The third-order valence-corrected chi connectivity index (χ3v) is 7.35. The van der Waals surface area contributed by atoms with Gasteiger partial charge in [0, 0.05) is 64.1 Å². The molecule has 0 fully saturated rings. The van der Waals surface area contributed by atoms with Crippen molar-refractivity contribution in [1.82, 2.24) is 14.9 Å². The second-order valence-electron chi connectivity index (χ2n) is 11.1. The summed E-state index contributed by atoms with van der Waals surface area (Å²) in [4.78, 5) is 16.4. The largest absolute Gasteiger partial charge is 0.372 e. The van der Waals surface area contributed by atoms with Gasteiger partial charge in [-0.1, -0.05) is 32.0 Å². The van der Waals surface area contributed by atoms with Gasteiger partial charge in [0.15, 0.2) is 0 Å². The fraction of sp³-hybridized carbons (Fsp3) is 0.484. The lowest BCUT2D eigenvalue weighted by Gasteiger charge is -2.30. The van der Waals surface area contributed by atoms with Crippen LogP contribution in [-0.2, 0) is 19.4 Å². The van der Waals surface area contributed by atoms with Crippen molar-refractivity contribution in [1.29, 1.82) is 0 Å². The van der Waals surface area contributed by atoms with E-state index < -0.39 is 0 Å². The lowest BCUT2D eigenvalue weighted by molar-refractivity contribution is 0.264. The minimum Gasteiger partial charge on any atom is -0.372 e. The molecule has 1 aromatic carbocycles. The number of benzene rings is 1. The van der Waals surface area contributed by atoms with Crippen LogP contribution < -0.4 is 9.80 Å². The standard InChI is InChI=1S/C31H43N5/c1-6-36-24-31(3,4)23-34(5)30-20-26(13-14-29(30)36)11-9-18-35(19-15-27-10-7-16-32-21-27)22-28-12-8-17-33-25(28)2/h7-8,10,12-14,16-17,20-21H,6,9,11,15,18-19,22-24H2,1-5H3. The minimum absolute atomic E-state index is 0.267. The average Bonchev–Trinajstić information content (AvgIpc) is 2.96. The Morgan fingerprint density at radius 2 is 1.78 bits per heavy atom. The van der Waals surface area contributed by atoms with E-state index in [-0.39, 0.29) is 5.41 Å². The fourth-order valence-electron chi connectivity index (χ4n) is 5.49. The van der Waals surface area contributed by atoms with Crippen LogP contribution in [0.5, 0.6) is 0 Å². The highest BCUT2D eigenvalue weighted by Gasteiger charge is 2.29. The van der Waals surface area contributed by atoms with Gasteiger partial charge in [0.2, 0.25) is 0 Å². The summed E-state index contributed by atoms with van der Waals surface area (Å²) in [5, 5.41) is 0. The number of anilines is 2. The topological polar surface area (TPSA) is 35.5 Å². The normalized spacial score (nSPS) is 15.2. The second kappa shape index (κ2) is 11.9. The van der Waals surface area contributed by atoms with E-state index in [1.807, 2.05) is 24.7 Å². The molecule has 0 spiro atoms. The highest BCUT2D eigenvalue weighted by molar-refractivity contribution is 5.73. The Morgan fingerprint density at radius 1 is 0.944 bits per heavy atom. The van der Waals surface area contributed by atoms with Gasteiger partial charge < -0.3 is 9.80 Å². The van der Waals surface area contributed by atoms with Gasteiger partial charge in [0.25, 0.3) is 0 Å². The molecule has 0 aliphatic carbocycles. The molecule has 36 heavy (non-hydrogen) atoms. The van der Waals surface area contributed by atoms with Crippen molar-refractivity contribution in [3.63, 3.8) is 0 Å². The quantitative estimate of drug-likeness (QED) is 0.365. The maximum absolute atomic E-state index is 4.51. The molecular formula is C31H43N5. The number of aryl methyl sites for hydroxylation is 2. The van der Waals surface area contributed by atoms with Gasteiger partial charge in [-0.2, -0.15) is 0 Å². The molecule has 0 amide bonds. The van der Waals surface area contributed by atoms with Crippen molar-refractivity contribution in [2.75, 3.05) is 49.6 Å². The first-order valence-corrected chi connectivity index (χ1v) is 13.5. The molecule has 2 aromatic heterocycles. The lowest BCUT2D eigenvalue weighted by atomic mass is 9.92. The Hall–Kier alpha value is -2.92. The van der Waals surface area contributed by atoms with Crippen LogP contribution in [0.4, 0.5) is 11.4 Å². The van der Waals surface area contributed by atoms with Crippen LogP contribution in [0.3, 0.4) is 0 Å². The van der Waals surface area contributed by atoms with E-state index in [0.717, 1.165) is 64.2 Å². The number of hydrogen-bond donors (Lipinski definition) is 0. The van der Waals surface area contributed by atoms with E-state index >= 15 is 0 Å². The molecule has 192 valence electrons. The first kappa shape index (κ1) is 26.2. The molecule has 0 atom stereocenters. The zero-order chi connectivity index (χ0) is 25.5. The molecule has 5 nitrogen and oxygen atoms in total. The van der Waals surface area contributed by atoms with Gasteiger partial charge in [0.1, 0.15) is 0 Å². The molecule has 4 rings (SSSR count). The number of pyridine rings is 2. The zero-order valence-corrected chi connectivity index (χ0v) is 22.9. The van der Waals surface area contributed by atoms with E-state index in [2.05, 4.69) is 95.8 Å². The number of rotatable bonds is 10. The van der Waals surface area contributed by atoms with Crippen molar-refractivity contribution in [2.45, 2.75) is 53.5 Å². The third kappa shape index (κ3) is 6.85. The Labute approximate surface area is 218 Å². The Kier molecular flexibility index (Phi) is 8.63. The van der Waals surface area contributed by atoms with Crippen LogP contribution in [0.2, 0.25) is 0 Å². The maximum atomic E-state index is 4.51. The molecule has 0 bridgehead atoms. The van der Waals surface area contributed by atoms with E-state index in [1.54, 1.807) is 0 Å². The lowest BCUT2D eigenvalue weighted by Crippen LogP contribution is -2.37. The van der Waals surface area contributed by atoms with Crippen LogP contribution in [0.1, 0.15) is 49.6 Å². The molecule has 0 N–H and O–H groups in total. The summed E-state index contributed by atoms with van der Waals surface area (Å²) in [5.41, 5.74) is 8.18. The predicted molar refractivity (Wildman–Crippen MR) is 152 cm³/mol. The summed E-state index contributed by atoms with van der Waals surface area (Å²) in [7, 11) is 2.25. The molecule has 3 aromatic rings. The molecule has 1 aliphatic heterocycles. The first-order valence-electron chi connectivity index (χ1n) is 13.5. The van der Waals surface area contributed by atoms with Gasteiger partial charge in [0.05, 0.1) is 11.4 Å². The second-order valence-corrected chi connectivity index (χ2v) is 11.1. The van der Waals surface area contributed by atoms with Crippen LogP contribution in [0.25, 0.3) is 0 Å². The number of nitrogens with zero attached hydrogens (tertiary/aromatic N) is 5. The Balaban J connectivity index is 1.43. The van der Waals surface area contributed by atoms with Gasteiger partial charge in [-0.05, 0) is 86.0 Å². The van der Waals surface area contributed by atoms with E-state index in [4.69, 9.17) is 0 Å². The molecule has 3 heterocycles. The maximum Gasteiger partial charge on any atom is 0.0604 e. The first-order chi connectivity index (χ1) is 17.3. The van der Waals surface area contributed by atoms with Crippen molar-refractivity contribution >= 4 is 11.4 Å². The van der Waals surface area contributed by atoms with E-state index in [9.17, 15) is 0 Å². The summed E-state index contributed by atoms with van der Waals surface area (Å²) in [5.74, 6) is 0. The van der Waals surface area contributed by atoms with Crippen LogP contribution in [0.15, 0.2) is 61.1 Å². The molecule has 0 saturated carbocycles. The van der Waals surface area contributed by atoms with Crippen molar-refractivity contribution < 1.29 is 0 Å². The summed E-state index contributed by atoms with van der Waals surface area (Å²) in [6.45, 7) is 15.4. The van der Waals surface area contributed by atoms with Crippen molar-refractivity contribution in [2.24, 2.45) is 5.41 Å². The van der Waals surface area contributed by atoms with Crippen molar-refractivity contribution in [3.8, 4) is 0 Å². The molecule has 0 unspecified atom stereocenters. The minimum atomic E-state index is 0.267. The van der Waals surface area contributed by atoms with Gasteiger partial charge in [-0.3, -0.25) is 14.9 Å². The Morgan fingerprint density at radius 3 is 2.53 bits per heavy atom. The zero-order valence-electron chi connectivity index (χ0n) is 22.9. The average molecular weight is 486 g/mol. The molecular weight excluding hydrogens is 442 g/mol. The summed E-state index contributed by atoms with van der Waals surface area (Å²) < 4.78 is 0. The molecule has 5 heteroatoms. The highest BCUT2D eigenvalue weighted by atomic mass is 15.2. The van der Waals surface area contributed by atoms with Crippen molar-refractivity contribution in [3.05, 3.63) is 83.4 Å². The molecule has 1 aliphatic rings. The van der Waals surface area contributed by atoms with E-state index in [0.29, 0.717) is 0 Å². The molecule has 0 radical (unpaired) electrons. The van der Waals surface area contributed by atoms with E-state index in [1.165, 1.54) is 28.1 Å². The van der Waals surface area contributed by atoms with Crippen LogP contribution in [-0.4, -0.2) is 54.6 Å². The SMILES string of the molecule is CCN1CC(C)(C)CN(C)c2cc(CCCN(CCc3cccnc3)Cc3cccnc3C)ccc21. The highest BCUT2D eigenvalue weighted by Crippen LogP contribution is 2.37. The number of aromatic nitrogens is 2. The smallest absolute Gasteiger partial charge is 0.0604 e. The summed E-state index contributed by atoms with van der Waals surface area (Å²) >= 11 is 0. The van der Waals surface area contributed by atoms with Gasteiger partial charge in [-0.25, -0.2) is 0 Å². The number of fused-ring (bicyclic) bond motifs is 1. The molecule has 0 saturated heterocycles. The summed E-state index contributed by atoms with van der Waals surface area (Å²) in [6, 6.07) is 15.6. The van der Waals surface area contributed by atoms with Gasteiger partial charge in [-0.15, -0.1) is 0 Å². The monoisotopic (exact) mass is 485 g/mol. The third-order valence-electron chi connectivity index (χ3n) is 7.35. The van der Waals surface area contributed by atoms with Gasteiger partial charge >= 0.3 is 0 Å². The number of hydrogen-bond acceptors (Lipinski definition) is 5. The predicted octanol–water partition coefficient (Wildman–Crippen LogP) is 5.76. The summed E-state index contributed by atoms with van der Waals surface area (Å²) in [6.07, 6.45) is 8.96. The van der Waals surface area contributed by atoms with Crippen LogP contribution >= 0.6 is 0 Å². The van der Waals surface area contributed by atoms with Crippen LogP contribution in [0, 0.1) is 12.3 Å². The Bertz CT molecular complexity index is 1110. The fourth-order valence-corrected chi connectivity index (χ4v) is 5.49.